The number of benzene rings is 1. The number of amides is 2. The van der Waals surface area contributed by atoms with Crippen LogP contribution in [0.15, 0.2) is 18.2 Å². The third kappa shape index (κ3) is 2.61. The molecule has 2 amide bonds. The SMILES string of the molecule is CCOC(=O)N1CCC(N2C(=O)Cc3cc(N)ccc32)CC1. The maximum atomic E-state index is 12.3. The number of anilines is 2. The summed E-state index contributed by atoms with van der Waals surface area (Å²) in [4.78, 5) is 27.7. The van der Waals surface area contributed by atoms with Crippen LogP contribution in [0.25, 0.3) is 0 Å². The summed E-state index contributed by atoms with van der Waals surface area (Å²) in [6.07, 6.45) is 1.70. The van der Waals surface area contributed by atoms with Gasteiger partial charge >= 0.3 is 6.09 Å². The quantitative estimate of drug-likeness (QED) is 0.845. The van der Waals surface area contributed by atoms with E-state index in [1.807, 2.05) is 23.1 Å². The number of nitrogen functional groups attached to an aromatic ring is 1. The van der Waals surface area contributed by atoms with Crippen molar-refractivity contribution in [2.45, 2.75) is 32.2 Å². The maximum absolute atomic E-state index is 12.3. The van der Waals surface area contributed by atoms with Crippen LogP contribution in [-0.2, 0) is 16.0 Å². The Kier molecular flexibility index (Phi) is 3.92. The Morgan fingerprint density at radius 3 is 2.77 bits per heavy atom. The van der Waals surface area contributed by atoms with Crippen molar-refractivity contribution in [3.8, 4) is 0 Å². The summed E-state index contributed by atoms with van der Waals surface area (Å²) in [5, 5.41) is 0. The summed E-state index contributed by atoms with van der Waals surface area (Å²) in [6.45, 7) is 3.43. The van der Waals surface area contributed by atoms with E-state index in [2.05, 4.69) is 0 Å². The van der Waals surface area contributed by atoms with Crippen molar-refractivity contribution in [3.63, 3.8) is 0 Å². The first kappa shape index (κ1) is 14.7. The van der Waals surface area contributed by atoms with Crippen LogP contribution >= 0.6 is 0 Å². The minimum absolute atomic E-state index is 0.121. The van der Waals surface area contributed by atoms with Crippen molar-refractivity contribution in [3.05, 3.63) is 23.8 Å². The van der Waals surface area contributed by atoms with E-state index in [-0.39, 0.29) is 18.0 Å². The molecule has 2 heterocycles. The minimum Gasteiger partial charge on any atom is -0.450 e. The lowest BCUT2D eigenvalue weighted by Crippen LogP contribution is -2.48. The zero-order chi connectivity index (χ0) is 15.7. The molecule has 2 aliphatic rings. The summed E-state index contributed by atoms with van der Waals surface area (Å²) < 4.78 is 5.03. The highest BCUT2D eigenvalue weighted by molar-refractivity contribution is 6.02. The highest BCUT2D eigenvalue weighted by atomic mass is 16.6. The highest BCUT2D eigenvalue weighted by Gasteiger charge is 2.35. The van der Waals surface area contributed by atoms with Gasteiger partial charge in [0, 0.05) is 30.5 Å². The van der Waals surface area contributed by atoms with Crippen molar-refractivity contribution in [2.24, 2.45) is 0 Å². The number of carbonyl (C=O) groups is 2. The van der Waals surface area contributed by atoms with Gasteiger partial charge in [-0.05, 0) is 43.5 Å². The molecule has 118 valence electrons. The summed E-state index contributed by atoms with van der Waals surface area (Å²) in [6, 6.07) is 5.77. The van der Waals surface area contributed by atoms with Gasteiger partial charge in [-0.2, -0.15) is 0 Å². The second kappa shape index (κ2) is 5.87. The highest BCUT2D eigenvalue weighted by Crippen LogP contribution is 2.34. The Bertz CT molecular complexity index is 594. The predicted octanol–water partition coefficient (Wildman–Crippen LogP) is 1.78. The van der Waals surface area contributed by atoms with Crippen LogP contribution in [0, 0.1) is 0 Å². The van der Waals surface area contributed by atoms with Crippen LogP contribution in [0.4, 0.5) is 16.2 Å². The van der Waals surface area contributed by atoms with E-state index in [0.717, 1.165) is 24.1 Å². The summed E-state index contributed by atoms with van der Waals surface area (Å²) in [7, 11) is 0. The number of likely N-dealkylation sites (tertiary alicyclic amines) is 1. The molecule has 6 nitrogen and oxygen atoms in total. The lowest BCUT2D eigenvalue weighted by molar-refractivity contribution is -0.118. The van der Waals surface area contributed by atoms with Gasteiger partial charge in [-0.25, -0.2) is 4.79 Å². The number of nitrogens with zero attached hydrogens (tertiary/aromatic N) is 2. The molecule has 3 rings (SSSR count). The molecule has 0 bridgehead atoms. The number of fused-ring (bicyclic) bond motifs is 1. The van der Waals surface area contributed by atoms with E-state index in [1.165, 1.54) is 0 Å². The number of piperidine rings is 1. The monoisotopic (exact) mass is 303 g/mol. The predicted molar refractivity (Wildman–Crippen MR) is 83.7 cm³/mol. The van der Waals surface area contributed by atoms with Gasteiger partial charge in [0.15, 0.2) is 0 Å². The van der Waals surface area contributed by atoms with Gasteiger partial charge in [-0.15, -0.1) is 0 Å². The van der Waals surface area contributed by atoms with Gasteiger partial charge in [0.05, 0.1) is 13.0 Å². The second-order valence-corrected chi connectivity index (χ2v) is 5.75. The Balaban J connectivity index is 1.70. The van der Waals surface area contributed by atoms with Crippen molar-refractivity contribution in [1.29, 1.82) is 0 Å². The first-order valence-electron chi connectivity index (χ1n) is 7.72. The summed E-state index contributed by atoms with van der Waals surface area (Å²) >= 11 is 0. The Hall–Kier alpha value is -2.24. The molecule has 0 aromatic heterocycles. The van der Waals surface area contributed by atoms with E-state index in [0.29, 0.717) is 31.8 Å². The lowest BCUT2D eigenvalue weighted by Gasteiger charge is -2.36. The third-order valence-electron chi connectivity index (χ3n) is 4.33. The van der Waals surface area contributed by atoms with Crippen LogP contribution < -0.4 is 10.6 Å². The number of nitrogens with two attached hydrogens (primary N) is 1. The average molecular weight is 303 g/mol. The number of ether oxygens (including phenoxy) is 1. The van der Waals surface area contributed by atoms with Gasteiger partial charge in [0.25, 0.3) is 0 Å². The van der Waals surface area contributed by atoms with Gasteiger partial charge in [-0.3, -0.25) is 4.79 Å². The molecule has 0 aliphatic carbocycles. The molecule has 0 unspecified atom stereocenters. The molecule has 6 heteroatoms. The van der Waals surface area contributed by atoms with Crippen LogP contribution in [0.3, 0.4) is 0 Å². The number of hydrogen-bond acceptors (Lipinski definition) is 4. The Labute approximate surface area is 129 Å². The molecule has 22 heavy (non-hydrogen) atoms. The molecular formula is C16H21N3O3. The molecule has 2 aliphatic heterocycles. The van der Waals surface area contributed by atoms with Gasteiger partial charge in [0.1, 0.15) is 0 Å². The van der Waals surface area contributed by atoms with E-state index >= 15 is 0 Å². The Morgan fingerprint density at radius 2 is 2.09 bits per heavy atom. The molecule has 0 spiro atoms. The normalized spacial score (nSPS) is 18.5. The molecule has 1 saturated heterocycles. The topological polar surface area (TPSA) is 75.9 Å². The van der Waals surface area contributed by atoms with Crippen molar-refractivity contribution >= 4 is 23.4 Å². The summed E-state index contributed by atoms with van der Waals surface area (Å²) in [5.41, 5.74) is 8.44. The molecule has 0 saturated carbocycles. The number of hydrogen-bond donors (Lipinski definition) is 1. The first-order chi connectivity index (χ1) is 10.6. The zero-order valence-electron chi connectivity index (χ0n) is 12.7. The van der Waals surface area contributed by atoms with Crippen molar-refractivity contribution in [2.75, 3.05) is 30.3 Å². The van der Waals surface area contributed by atoms with E-state index in [1.54, 1.807) is 11.8 Å². The molecular weight excluding hydrogens is 282 g/mol. The van der Waals surface area contributed by atoms with Gasteiger partial charge in [-0.1, -0.05) is 0 Å². The fraction of sp³-hybridized carbons (Fsp3) is 0.500. The van der Waals surface area contributed by atoms with E-state index < -0.39 is 0 Å². The largest absolute Gasteiger partial charge is 0.450 e. The van der Waals surface area contributed by atoms with E-state index in [4.69, 9.17) is 10.5 Å². The van der Waals surface area contributed by atoms with Crippen LogP contribution in [0.5, 0.6) is 0 Å². The summed E-state index contributed by atoms with van der Waals surface area (Å²) in [5.74, 6) is 0.121. The number of carbonyl (C=O) groups excluding carboxylic acids is 2. The zero-order valence-corrected chi connectivity index (χ0v) is 12.7. The average Bonchev–Trinajstić information content (AvgIpc) is 2.82. The van der Waals surface area contributed by atoms with Crippen LogP contribution in [-0.4, -0.2) is 42.6 Å². The van der Waals surface area contributed by atoms with Crippen molar-refractivity contribution < 1.29 is 14.3 Å². The fourth-order valence-corrected chi connectivity index (χ4v) is 3.29. The van der Waals surface area contributed by atoms with Gasteiger partial charge in [0.2, 0.25) is 5.91 Å². The third-order valence-corrected chi connectivity index (χ3v) is 4.33. The van der Waals surface area contributed by atoms with Gasteiger partial charge < -0.3 is 20.3 Å². The Morgan fingerprint density at radius 1 is 1.36 bits per heavy atom. The second-order valence-electron chi connectivity index (χ2n) is 5.75. The molecule has 0 atom stereocenters. The number of rotatable bonds is 2. The smallest absolute Gasteiger partial charge is 0.409 e. The lowest BCUT2D eigenvalue weighted by atomic mass is 10.0. The fourth-order valence-electron chi connectivity index (χ4n) is 3.29. The van der Waals surface area contributed by atoms with Crippen molar-refractivity contribution in [1.82, 2.24) is 4.90 Å². The molecule has 0 radical (unpaired) electrons. The molecule has 2 N–H and O–H groups in total. The van der Waals surface area contributed by atoms with Crippen LogP contribution in [0.2, 0.25) is 0 Å². The first-order valence-corrected chi connectivity index (χ1v) is 7.72. The standard InChI is InChI=1S/C16H21N3O3/c1-2-22-16(21)18-7-5-13(6-8-18)19-14-4-3-12(17)9-11(14)10-15(19)20/h3-4,9,13H,2,5-8,10,17H2,1H3. The maximum Gasteiger partial charge on any atom is 0.409 e. The molecule has 1 aromatic carbocycles. The van der Waals surface area contributed by atoms with E-state index in [9.17, 15) is 9.59 Å². The molecule has 1 aromatic rings. The van der Waals surface area contributed by atoms with Crippen LogP contribution in [0.1, 0.15) is 25.3 Å². The molecule has 1 fully saturated rings. The minimum atomic E-state index is -0.262.